The lowest BCUT2D eigenvalue weighted by atomic mass is 10.1. The van der Waals surface area contributed by atoms with Gasteiger partial charge >= 0.3 is 23.9 Å². The molecule has 0 unspecified atom stereocenters. The first-order valence-electron chi connectivity index (χ1n) is 25.0. The minimum absolute atomic E-state index is 0.279. The Hall–Kier alpha value is -7.20. The molecule has 0 aromatic heterocycles. The van der Waals surface area contributed by atoms with Gasteiger partial charge in [-0.05, 0) is 145 Å². The topological polar surface area (TPSA) is 124 Å². The largest absolute Gasteiger partial charge is 0.494 e. The lowest BCUT2D eigenvalue weighted by molar-refractivity contribution is 0.0720. The molecule has 0 radical (unpaired) electrons. The highest BCUT2D eigenvalue weighted by atomic mass is 16.5. The molecular weight excluding hydrogens is 881 g/mol. The van der Waals surface area contributed by atoms with Crippen LogP contribution in [-0.2, 0) is 0 Å². The molecule has 10 nitrogen and oxygen atoms in total. The third-order valence-corrected chi connectivity index (χ3v) is 11.8. The Bertz CT molecular complexity index is 2510. The van der Waals surface area contributed by atoms with E-state index in [1.165, 1.54) is 101 Å². The molecule has 0 saturated carbocycles. The Labute approximate surface area is 413 Å². The van der Waals surface area contributed by atoms with Gasteiger partial charge in [-0.25, -0.2) is 19.2 Å². The van der Waals surface area contributed by atoms with Crippen molar-refractivity contribution in [2.75, 3.05) is 13.2 Å². The van der Waals surface area contributed by atoms with E-state index in [9.17, 15) is 19.2 Å². The van der Waals surface area contributed by atoms with Gasteiger partial charge in [-0.3, -0.25) is 0 Å². The smallest absolute Gasteiger partial charge is 0.343 e. The third kappa shape index (κ3) is 17.7. The van der Waals surface area contributed by atoms with E-state index in [1.54, 1.807) is 115 Å². The molecule has 0 aliphatic rings. The number of carbonyl (C=O) groups excluding carboxylic acids is 4. The maximum absolute atomic E-state index is 13.1. The van der Waals surface area contributed by atoms with Crippen molar-refractivity contribution in [2.45, 2.75) is 117 Å². The second kappa shape index (κ2) is 29.0. The van der Waals surface area contributed by atoms with E-state index < -0.39 is 23.9 Å². The molecule has 6 aromatic carbocycles. The van der Waals surface area contributed by atoms with E-state index in [0.717, 1.165) is 36.8 Å². The van der Waals surface area contributed by atoms with E-state index in [0.29, 0.717) is 47.3 Å². The van der Waals surface area contributed by atoms with Crippen LogP contribution in [0.15, 0.2) is 146 Å². The van der Waals surface area contributed by atoms with E-state index in [1.807, 2.05) is 6.07 Å². The van der Waals surface area contributed by atoms with Gasteiger partial charge in [0, 0.05) is 0 Å². The number of esters is 4. The van der Waals surface area contributed by atoms with Crippen molar-refractivity contribution in [3.8, 4) is 45.6 Å². The molecule has 0 amide bonds. The van der Waals surface area contributed by atoms with Crippen molar-refractivity contribution in [1.82, 2.24) is 0 Å². The van der Waals surface area contributed by atoms with Gasteiger partial charge in [0.15, 0.2) is 0 Å². The fraction of sp³-hybridized carbons (Fsp3) is 0.333. The van der Waals surface area contributed by atoms with Crippen molar-refractivity contribution >= 4 is 23.9 Å². The predicted octanol–water partition coefficient (Wildman–Crippen LogP) is 15.3. The molecule has 6 aromatic rings. The van der Waals surface area contributed by atoms with Gasteiger partial charge in [0.25, 0.3) is 0 Å². The fourth-order valence-corrected chi connectivity index (χ4v) is 7.66. The maximum Gasteiger partial charge on any atom is 0.343 e. The summed E-state index contributed by atoms with van der Waals surface area (Å²) in [4.78, 5) is 51.7. The van der Waals surface area contributed by atoms with Crippen LogP contribution in [0.25, 0.3) is 11.1 Å². The average Bonchev–Trinajstić information content (AvgIpc) is 3.38. The van der Waals surface area contributed by atoms with Gasteiger partial charge in [0.05, 0.1) is 35.5 Å². The Morgan fingerprint density at radius 3 is 0.957 bits per heavy atom. The lowest BCUT2D eigenvalue weighted by Gasteiger charge is -2.10. The highest BCUT2D eigenvalue weighted by Gasteiger charge is 2.15. The van der Waals surface area contributed by atoms with E-state index >= 15 is 0 Å². The van der Waals surface area contributed by atoms with Crippen LogP contribution < -0.4 is 28.4 Å². The van der Waals surface area contributed by atoms with Crippen molar-refractivity contribution < 1.29 is 47.6 Å². The molecule has 366 valence electrons. The molecule has 0 atom stereocenters. The molecule has 6 rings (SSSR count). The monoisotopic (exact) mass is 946 g/mol. The summed E-state index contributed by atoms with van der Waals surface area (Å²) in [6.07, 6.45) is 19.7. The third-order valence-electron chi connectivity index (χ3n) is 11.8. The van der Waals surface area contributed by atoms with Gasteiger partial charge in [-0.1, -0.05) is 128 Å². The summed E-state index contributed by atoms with van der Waals surface area (Å²) >= 11 is 0. The van der Waals surface area contributed by atoms with E-state index in [4.69, 9.17) is 28.4 Å². The van der Waals surface area contributed by atoms with Crippen LogP contribution in [0.1, 0.15) is 158 Å². The average molecular weight is 947 g/mol. The highest BCUT2D eigenvalue weighted by molar-refractivity contribution is 5.94. The minimum Gasteiger partial charge on any atom is -0.494 e. The van der Waals surface area contributed by atoms with Gasteiger partial charge < -0.3 is 28.4 Å². The first kappa shape index (κ1) is 52.2. The Kier molecular flexibility index (Phi) is 21.6. The van der Waals surface area contributed by atoms with Crippen molar-refractivity contribution in [3.63, 3.8) is 0 Å². The second-order valence-electron chi connectivity index (χ2n) is 17.4. The van der Waals surface area contributed by atoms with Gasteiger partial charge in [0.1, 0.15) is 34.5 Å². The molecule has 0 bridgehead atoms. The first-order chi connectivity index (χ1) is 34.3. The molecule has 0 spiro atoms. The quantitative estimate of drug-likeness (QED) is 0.0255. The Morgan fingerprint density at radius 1 is 0.300 bits per heavy atom. The summed E-state index contributed by atoms with van der Waals surface area (Å²) in [5, 5.41) is 0. The molecule has 0 fully saturated rings. The Balaban J connectivity index is 0.897. The number of unbranched alkanes of at least 4 members (excludes halogenated alkanes) is 14. The second-order valence-corrected chi connectivity index (χ2v) is 17.4. The van der Waals surface area contributed by atoms with Crippen molar-refractivity contribution in [1.29, 1.82) is 0 Å². The summed E-state index contributed by atoms with van der Waals surface area (Å²) in [6.45, 7) is 5.74. The minimum atomic E-state index is -0.578. The van der Waals surface area contributed by atoms with Crippen LogP contribution in [0, 0.1) is 0 Å². The molecule has 0 N–H and O–H groups in total. The maximum atomic E-state index is 13.1. The van der Waals surface area contributed by atoms with Crippen LogP contribution in [0.4, 0.5) is 0 Å². The summed E-state index contributed by atoms with van der Waals surface area (Å²) in [5.41, 5.74) is 2.91. The fourth-order valence-electron chi connectivity index (χ4n) is 7.66. The zero-order chi connectivity index (χ0) is 49.2. The molecule has 0 aliphatic heterocycles. The molecule has 0 heterocycles. The van der Waals surface area contributed by atoms with E-state index in [2.05, 4.69) is 13.8 Å². The predicted molar refractivity (Wildman–Crippen MR) is 274 cm³/mol. The van der Waals surface area contributed by atoms with Gasteiger partial charge in [0.2, 0.25) is 0 Å². The number of hydrogen-bond acceptors (Lipinski definition) is 10. The van der Waals surface area contributed by atoms with E-state index in [-0.39, 0.29) is 22.6 Å². The van der Waals surface area contributed by atoms with Crippen molar-refractivity contribution in [3.05, 3.63) is 168 Å². The highest BCUT2D eigenvalue weighted by Crippen LogP contribution is 2.28. The Morgan fingerprint density at radius 2 is 0.600 bits per heavy atom. The molecule has 70 heavy (non-hydrogen) atoms. The zero-order valence-electron chi connectivity index (χ0n) is 40.7. The summed E-state index contributed by atoms with van der Waals surface area (Å²) < 4.78 is 34.1. The van der Waals surface area contributed by atoms with Crippen LogP contribution >= 0.6 is 0 Å². The molecule has 10 heteroatoms. The van der Waals surface area contributed by atoms with Gasteiger partial charge in [-0.15, -0.1) is 0 Å². The summed E-state index contributed by atoms with van der Waals surface area (Å²) in [7, 11) is 0. The number of ether oxygens (including phenoxy) is 6. The molecule has 0 saturated heterocycles. The van der Waals surface area contributed by atoms with Crippen LogP contribution in [0.3, 0.4) is 0 Å². The zero-order valence-corrected chi connectivity index (χ0v) is 40.7. The van der Waals surface area contributed by atoms with Crippen molar-refractivity contribution in [2.24, 2.45) is 0 Å². The SMILES string of the molecule is CCCCCCCCCCOc1ccc(C(=O)Oc2ccc(C(=O)Oc3ccc(-c4cccc(OC(=O)c5ccc(OC(=O)c6ccc(OCCCCCCCCCC)cc6)cc5)c4)cc3)cc2)cc1. The van der Waals surface area contributed by atoms with Crippen LogP contribution in [0.5, 0.6) is 34.5 Å². The number of rotatable bonds is 29. The molecule has 0 aliphatic carbocycles. The summed E-state index contributed by atoms with van der Waals surface area (Å²) in [6, 6.07) is 40.1. The van der Waals surface area contributed by atoms with Crippen LogP contribution in [0.2, 0.25) is 0 Å². The normalized spacial score (nSPS) is 10.8. The number of benzene rings is 6. The van der Waals surface area contributed by atoms with Crippen LogP contribution in [-0.4, -0.2) is 37.1 Å². The summed E-state index contributed by atoms with van der Waals surface area (Å²) in [5.74, 6) is 0.466. The molecular formula is C60H66O10. The standard InChI is InChI=1S/C60H66O10/c1-3-5-7-9-11-13-15-17-42-65-51-32-24-46(25-33-51)57(61)68-54-38-28-48(29-39-54)59(63)67-53-36-22-45(23-37-53)50-20-19-21-56(44-50)70-60(64)49-30-40-55(41-31-49)69-58(62)47-26-34-52(35-27-47)66-43-18-16-14-12-10-8-6-4-2/h19-41,44H,3-18,42-43H2,1-2H3. The number of carbonyl (C=O) groups is 4. The van der Waals surface area contributed by atoms with Gasteiger partial charge in [-0.2, -0.15) is 0 Å². The lowest BCUT2D eigenvalue weighted by Crippen LogP contribution is -2.10. The first-order valence-corrected chi connectivity index (χ1v) is 25.0. The number of hydrogen-bond donors (Lipinski definition) is 0.